The molecule has 1 amide bonds. The van der Waals surface area contributed by atoms with Crippen LogP contribution in [-0.2, 0) is 22.0 Å². The fraction of sp³-hybridized carbons (Fsp3) is 0.438. The molecule has 8 heteroatoms. The molecule has 0 aliphatic carbocycles. The van der Waals surface area contributed by atoms with Crippen LogP contribution in [0.3, 0.4) is 0 Å². The summed E-state index contributed by atoms with van der Waals surface area (Å²) in [6, 6.07) is 7.19. The Labute approximate surface area is 143 Å². The van der Waals surface area contributed by atoms with Crippen LogP contribution in [0.1, 0.15) is 19.2 Å². The number of aryl methyl sites for hydroxylation is 1. The lowest BCUT2D eigenvalue weighted by atomic mass is 10.2. The first kappa shape index (κ1) is 18.1. The summed E-state index contributed by atoms with van der Waals surface area (Å²) >= 11 is 0. The van der Waals surface area contributed by atoms with Crippen molar-refractivity contribution in [3.05, 3.63) is 30.2 Å². The summed E-state index contributed by atoms with van der Waals surface area (Å²) in [6.07, 6.45) is 2.21. The van der Waals surface area contributed by atoms with Crippen molar-refractivity contribution in [2.24, 2.45) is 0 Å². The minimum Gasteiger partial charge on any atom is -0.497 e. The Kier molecular flexibility index (Phi) is 6.48. The number of amides is 1. The van der Waals surface area contributed by atoms with Crippen LogP contribution in [0.4, 0.5) is 0 Å². The second-order valence-corrected chi connectivity index (χ2v) is 6.93. The van der Waals surface area contributed by atoms with Crippen molar-refractivity contribution in [1.82, 2.24) is 15.5 Å². The molecule has 0 aliphatic rings. The molecule has 1 aromatic heterocycles. The molecule has 0 spiro atoms. The highest BCUT2D eigenvalue weighted by molar-refractivity contribution is 7.84. The van der Waals surface area contributed by atoms with Gasteiger partial charge in [-0.3, -0.25) is 9.00 Å². The molecule has 2 rings (SSSR count). The second kappa shape index (κ2) is 8.58. The number of methoxy groups -OCH3 is 1. The minimum atomic E-state index is -0.937. The maximum absolute atomic E-state index is 11.8. The van der Waals surface area contributed by atoms with Crippen molar-refractivity contribution >= 4 is 16.7 Å². The highest BCUT2D eigenvalue weighted by Gasteiger charge is 2.13. The number of hydrogen-bond acceptors (Lipinski definition) is 6. The summed E-state index contributed by atoms with van der Waals surface area (Å²) < 4.78 is 21.4. The molecule has 1 aromatic carbocycles. The quantitative estimate of drug-likeness (QED) is 0.776. The van der Waals surface area contributed by atoms with Crippen LogP contribution >= 0.6 is 0 Å². The summed E-state index contributed by atoms with van der Waals surface area (Å²) in [7, 11) is 0.666. The Morgan fingerprint density at radius 2 is 2.08 bits per heavy atom. The van der Waals surface area contributed by atoms with Gasteiger partial charge in [-0.15, -0.1) is 0 Å². The number of ether oxygens (including phenoxy) is 1. The summed E-state index contributed by atoms with van der Waals surface area (Å²) in [4.78, 5) is 16.1. The van der Waals surface area contributed by atoms with Gasteiger partial charge in [0.1, 0.15) is 5.75 Å². The summed E-state index contributed by atoms with van der Waals surface area (Å²) in [5.41, 5.74) is 0.814. The smallest absolute Gasteiger partial charge is 0.227 e. The van der Waals surface area contributed by atoms with E-state index in [0.717, 1.165) is 11.3 Å². The van der Waals surface area contributed by atoms with E-state index in [-0.39, 0.29) is 18.4 Å². The molecule has 2 atom stereocenters. The number of rotatable bonds is 8. The molecule has 1 N–H and O–H groups in total. The van der Waals surface area contributed by atoms with E-state index in [0.29, 0.717) is 23.9 Å². The number of carbonyl (C=O) groups is 1. The van der Waals surface area contributed by atoms with E-state index in [2.05, 4.69) is 15.5 Å². The molecule has 2 aromatic rings. The van der Waals surface area contributed by atoms with E-state index in [4.69, 9.17) is 9.26 Å². The number of aromatic nitrogens is 2. The third kappa shape index (κ3) is 5.45. The molecule has 0 unspecified atom stereocenters. The molecule has 7 nitrogen and oxygen atoms in total. The zero-order chi connectivity index (χ0) is 17.5. The average molecular weight is 351 g/mol. The average Bonchev–Trinajstić information content (AvgIpc) is 3.01. The lowest BCUT2D eigenvalue weighted by Gasteiger charge is -2.11. The lowest BCUT2D eigenvalue weighted by molar-refractivity contribution is -0.121. The van der Waals surface area contributed by atoms with Gasteiger partial charge in [-0.2, -0.15) is 4.98 Å². The monoisotopic (exact) mass is 351 g/mol. The zero-order valence-corrected chi connectivity index (χ0v) is 14.8. The van der Waals surface area contributed by atoms with Crippen LogP contribution in [0.15, 0.2) is 28.8 Å². The van der Waals surface area contributed by atoms with Crippen LogP contribution in [0.2, 0.25) is 0 Å². The van der Waals surface area contributed by atoms with Crippen LogP contribution < -0.4 is 10.1 Å². The first-order valence-corrected chi connectivity index (χ1v) is 9.27. The summed E-state index contributed by atoms with van der Waals surface area (Å²) in [5.74, 6) is 1.94. The van der Waals surface area contributed by atoms with Crippen molar-refractivity contribution in [3.63, 3.8) is 0 Å². The Bertz CT molecular complexity index is 700. The van der Waals surface area contributed by atoms with E-state index < -0.39 is 10.8 Å². The molecular formula is C16H21N3O4S. The predicted octanol–water partition coefficient (Wildman–Crippen LogP) is 1.56. The summed E-state index contributed by atoms with van der Waals surface area (Å²) in [5, 5.41) is 6.72. The predicted molar refractivity (Wildman–Crippen MR) is 91.1 cm³/mol. The van der Waals surface area contributed by atoms with Gasteiger partial charge < -0.3 is 14.6 Å². The van der Waals surface area contributed by atoms with E-state index in [1.54, 1.807) is 13.4 Å². The van der Waals surface area contributed by atoms with Crippen molar-refractivity contribution in [3.8, 4) is 17.1 Å². The molecule has 130 valence electrons. The van der Waals surface area contributed by atoms with Gasteiger partial charge in [-0.1, -0.05) is 5.16 Å². The molecule has 0 fully saturated rings. The van der Waals surface area contributed by atoms with Gasteiger partial charge >= 0.3 is 0 Å². The Morgan fingerprint density at radius 3 is 2.71 bits per heavy atom. The molecule has 1 heterocycles. The molecule has 0 bridgehead atoms. The van der Waals surface area contributed by atoms with Gasteiger partial charge in [-0.05, 0) is 31.2 Å². The number of nitrogens with one attached hydrogen (secondary N) is 1. The third-order valence-electron chi connectivity index (χ3n) is 3.27. The Hall–Kier alpha value is -2.22. The Balaban J connectivity index is 1.87. The van der Waals surface area contributed by atoms with Crippen molar-refractivity contribution in [2.75, 3.05) is 19.1 Å². The standard InChI is InChI=1S/C16H21N3O4S/c1-11(10-24(3)21)17-14(20)8-9-15-18-16(19-23-15)12-4-6-13(22-2)7-5-12/h4-7,11H,8-10H2,1-3H3,(H,17,20)/t11-,24-/m0/s1. The van der Waals surface area contributed by atoms with Gasteiger partial charge in [0.15, 0.2) is 0 Å². The van der Waals surface area contributed by atoms with E-state index in [9.17, 15) is 9.00 Å². The number of carbonyl (C=O) groups excluding carboxylic acids is 1. The normalized spacial score (nSPS) is 13.3. The maximum Gasteiger partial charge on any atom is 0.227 e. The first-order valence-electron chi connectivity index (χ1n) is 7.54. The third-order valence-corrected chi connectivity index (χ3v) is 4.24. The zero-order valence-electron chi connectivity index (χ0n) is 13.9. The van der Waals surface area contributed by atoms with E-state index in [1.807, 2.05) is 31.2 Å². The Morgan fingerprint density at radius 1 is 1.38 bits per heavy atom. The van der Waals surface area contributed by atoms with Crippen LogP contribution in [0.25, 0.3) is 11.4 Å². The molecular weight excluding hydrogens is 330 g/mol. The maximum atomic E-state index is 11.8. The van der Waals surface area contributed by atoms with Gasteiger partial charge in [0.2, 0.25) is 17.6 Å². The van der Waals surface area contributed by atoms with Crippen LogP contribution in [-0.4, -0.2) is 45.4 Å². The largest absolute Gasteiger partial charge is 0.497 e. The molecule has 0 saturated heterocycles. The summed E-state index contributed by atoms with van der Waals surface area (Å²) in [6.45, 7) is 1.83. The number of benzene rings is 1. The SMILES string of the molecule is COc1ccc(-c2noc(CCC(=O)N[C@@H](C)C[S@](C)=O)n2)cc1. The lowest BCUT2D eigenvalue weighted by Crippen LogP contribution is -2.36. The van der Waals surface area contributed by atoms with Gasteiger partial charge in [-0.25, -0.2) is 0 Å². The first-order chi connectivity index (χ1) is 11.5. The highest BCUT2D eigenvalue weighted by Crippen LogP contribution is 2.19. The van der Waals surface area contributed by atoms with Crippen molar-refractivity contribution < 1.29 is 18.3 Å². The second-order valence-electron chi connectivity index (χ2n) is 5.45. The van der Waals surface area contributed by atoms with Gasteiger partial charge in [0.25, 0.3) is 0 Å². The molecule has 24 heavy (non-hydrogen) atoms. The highest BCUT2D eigenvalue weighted by atomic mass is 32.2. The van der Waals surface area contributed by atoms with Crippen LogP contribution in [0, 0.1) is 0 Å². The van der Waals surface area contributed by atoms with Gasteiger partial charge in [0, 0.05) is 47.3 Å². The fourth-order valence-electron chi connectivity index (χ4n) is 2.17. The van der Waals surface area contributed by atoms with E-state index in [1.165, 1.54) is 0 Å². The number of nitrogens with zero attached hydrogens (tertiary/aromatic N) is 2. The molecule has 0 radical (unpaired) electrons. The minimum absolute atomic E-state index is 0.124. The topological polar surface area (TPSA) is 94.3 Å². The molecule has 0 saturated carbocycles. The van der Waals surface area contributed by atoms with E-state index >= 15 is 0 Å². The fourth-order valence-corrected chi connectivity index (χ4v) is 2.96. The van der Waals surface area contributed by atoms with Crippen molar-refractivity contribution in [2.45, 2.75) is 25.8 Å². The van der Waals surface area contributed by atoms with Crippen molar-refractivity contribution in [1.29, 1.82) is 0 Å². The van der Waals surface area contributed by atoms with Crippen LogP contribution in [0.5, 0.6) is 5.75 Å². The molecule has 0 aliphatic heterocycles. The van der Waals surface area contributed by atoms with Gasteiger partial charge in [0.05, 0.1) is 7.11 Å². The number of hydrogen-bond donors (Lipinski definition) is 1.